The molecule has 2 heterocycles. The molecular formula is C19H19N5O4. The van der Waals surface area contributed by atoms with Crippen LogP contribution in [0, 0.1) is 18.8 Å². The summed E-state index contributed by atoms with van der Waals surface area (Å²) in [4.78, 5) is 43.7. The Morgan fingerprint density at radius 1 is 1.50 bits per heavy atom. The number of imide groups is 1. The number of hydrogen-bond donors (Lipinski definition) is 3. The van der Waals surface area contributed by atoms with Crippen molar-refractivity contribution in [3.63, 3.8) is 0 Å². The van der Waals surface area contributed by atoms with Gasteiger partial charge in [0.15, 0.2) is 0 Å². The van der Waals surface area contributed by atoms with Gasteiger partial charge in [-0.1, -0.05) is 12.0 Å². The van der Waals surface area contributed by atoms with Crippen molar-refractivity contribution in [1.29, 1.82) is 0 Å². The number of aryl methyl sites for hydroxylation is 1. The largest absolute Gasteiger partial charge is 0.497 e. The number of methoxy groups -OCH3 is 1. The fraction of sp³-hybridized carbons (Fsp3) is 0.263. The van der Waals surface area contributed by atoms with E-state index in [9.17, 15) is 14.4 Å². The molecule has 0 saturated carbocycles. The summed E-state index contributed by atoms with van der Waals surface area (Å²) in [6.45, 7) is 2.35. The molecule has 0 radical (unpaired) electrons. The predicted molar refractivity (Wildman–Crippen MR) is 99.5 cm³/mol. The van der Waals surface area contributed by atoms with E-state index in [1.807, 2.05) is 11.4 Å². The summed E-state index contributed by atoms with van der Waals surface area (Å²) in [5.74, 6) is 6.90. The van der Waals surface area contributed by atoms with Gasteiger partial charge in [0.1, 0.15) is 23.3 Å². The molecule has 9 heteroatoms. The Morgan fingerprint density at radius 3 is 3.00 bits per heavy atom. The third-order valence-electron chi connectivity index (χ3n) is 4.17. The van der Waals surface area contributed by atoms with E-state index in [0.29, 0.717) is 29.4 Å². The monoisotopic (exact) mass is 381 g/mol. The number of rotatable bonds is 5. The summed E-state index contributed by atoms with van der Waals surface area (Å²) in [5.41, 5.74) is 1.95. The van der Waals surface area contributed by atoms with Crippen LogP contribution >= 0.6 is 0 Å². The summed E-state index contributed by atoms with van der Waals surface area (Å²) in [6, 6.07) is 3.93. The van der Waals surface area contributed by atoms with Crippen molar-refractivity contribution >= 4 is 18.3 Å². The molecule has 0 unspecified atom stereocenters. The number of carbonyl (C=O) groups is 3. The Hall–Kier alpha value is -3.80. The average molecular weight is 381 g/mol. The molecular weight excluding hydrogens is 362 g/mol. The van der Waals surface area contributed by atoms with Crippen molar-refractivity contribution in [2.75, 3.05) is 13.7 Å². The van der Waals surface area contributed by atoms with Gasteiger partial charge >= 0.3 is 6.03 Å². The lowest BCUT2D eigenvalue weighted by atomic mass is 10.1. The van der Waals surface area contributed by atoms with Crippen molar-refractivity contribution in [3.8, 4) is 17.6 Å². The summed E-state index contributed by atoms with van der Waals surface area (Å²) in [6.07, 6.45) is 1.92. The highest BCUT2D eigenvalue weighted by Crippen LogP contribution is 2.26. The molecule has 28 heavy (non-hydrogen) atoms. The molecule has 1 aromatic carbocycles. The van der Waals surface area contributed by atoms with E-state index in [4.69, 9.17) is 4.74 Å². The van der Waals surface area contributed by atoms with Gasteiger partial charge in [-0.05, 0) is 30.5 Å². The molecule has 2 aromatic rings. The number of urea groups is 1. The summed E-state index contributed by atoms with van der Waals surface area (Å²) in [7, 11) is 1.54. The normalized spacial score (nSPS) is 13.2. The molecule has 3 rings (SSSR count). The lowest BCUT2D eigenvalue weighted by molar-refractivity contribution is -0.108. The summed E-state index contributed by atoms with van der Waals surface area (Å²) >= 11 is 0. The zero-order chi connectivity index (χ0) is 20.1. The fourth-order valence-electron chi connectivity index (χ4n) is 2.86. The third-order valence-corrected chi connectivity index (χ3v) is 4.17. The van der Waals surface area contributed by atoms with Crippen LogP contribution < -0.4 is 15.4 Å². The van der Waals surface area contributed by atoms with Crippen LogP contribution in [0.3, 0.4) is 0 Å². The minimum absolute atomic E-state index is 0.151. The molecule has 0 fully saturated rings. The maximum absolute atomic E-state index is 12.7. The number of carbonyl (C=O) groups excluding carboxylic acids is 3. The van der Waals surface area contributed by atoms with E-state index in [-0.39, 0.29) is 18.9 Å². The lowest BCUT2D eigenvalue weighted by Gasteiger charge is -2.20. The van der Waals surface area contributed by atoms with E-state index >= 15 is 0 Å². The second-order valence-electron chi connectivity index (χ2n) is 6.14. The Balaban J connectivity index is 1.77. The smallest absolute Gasteiger partial charge is 0.322 e. The lowest BCUT2D eigenvalue weighted by Crippen LogP contribution is -2.46. The second-order valence-corrected chi connectivity index (χ2v) is 6.14. The molecule has 144 valence electrons. The topological polar surface area (TPSA) is 116 Å². The first kappa shape index (κ1) is 19.0. The second kappa shape index (κ2) is 8.26. The van der Waals surface area contributed by atoms with Gasteiger partial charge in [0.05, 0.1) is 13.7 Å². The van der Waals surface area contributed by atoms with Crippen molar-refractivity contribution in [3.05, 3.63) is 47.0 Å². The average Bonchev–Trinajstić information content (AvgIpc) is 3.23. The van der Waals surface area contributed by atoms with Crippen LogP contribution in [0.25, 0.3) is 0 Å². The number of nitrogens with zero attached hydrogens (tertiary/aromatic N) is 2. The summed E-state index contributed by atoms with van der Waals surface area (Å²) in [5, 5.41) is 4.59. The van der Waals surface area contributed by atoms with Gasteiger partial charge < -0.3 is 19.9 Å². The molecule has 0 spiro atoms. The number of amides is 4. The molecule has 3 N–H and O–H groups in total. The molecule has 1 aromatic heterocycles. The minimum atomic E-state index is -0.697. The quantitative estimate of drug-likeness (QED) is 0.517. The molecule has 1 atom stereocenters. The van der Waals surface area contributed by atoms with Crippen LogP contribution in [0.2, 0.25) is 0 Å². The molecule has 1 aliphatic heterocycles. The number of fused-ring (bicyclic) bond motifs is 1. The summed E-state index contributed by atoms with van der Waals surface area (Å²) < 4.78 is 5.17. The van der Waals surface area contributed by atoms with Gasteiger partial charge in [-0.15, -0.1) is 0 Å². The predicted octanol–water partition coefficient (Wildman–Crippen LogP) is 0.558. The van der Waals surface area contributed by atoms with Crippen molar-refractivity contribution in [2.45, 2.75) is 19.5 Å². The Morgan fingerprint density at radius 2 is 2.32 bits per heavy atom. The Labute approximate surface area is 161 Å². The molecule has 0 aliphatic carbocycles. The number of H-pyrrole nitrogens is 1. The van der Waals surface area contributed by atoms with E-state index in [0.717, 1.165) is 5.56 Å². The van der Waals surface area contributed by atoms with Crippen molar-refractivity contribution in [1.82, 2.24) is 25.5 Å². The van der Waals surface area contributed by atoms with Crippen molar-refractivity contribution in [2.24, 2.45) is 0 Å². The van der Waals surface area contributed by atoms with Crippen LogP contribution in [0.4, 0.5) is 4.79 Å². The van der Waals surface area contributed by atoms with E-state index in [2.05, 4.69) is 27.1 Å². The number of ether oxygens (including phenoxy) is 1. The third kappa shape index (κ3) is 4.29. The van der Waals surface area contributed by atoms with Crippen LogP contribution in [0.15, 0.2) is 24.4 Å². The number of aromatic amines is 1. The zero-order valence-electron chi connectivity index (χ0n) is 15.4. The van der Waals surface area contributed by atoms with Crippen LogP contribution in [0.5, 0.6) is 5.75 Å². The highest BCUT2D eigenvalue weighted by molar-refractivity contribution is 5.98. The van der Waals surface area contributed by atoms with Gasteiger partial charge in [-0.3, -0.25) is 14.9 Å². The van der Waals surface area contributed by atoms with Gasteiger partial charge in [-0.2, -0.15) is 0 Å². The van der Waals surface area contributed by atoms with Gasteiger partial charge in [0.2, 0.25) is 6.41 Å². The van der Waals surface area contributed by atoms with Crippen LogP contribution in [0.1, 0.15) is 27.4 Å². The fourth-order valence-corrected chi connectivity index (χ4v) is 2.86. The highest BCUT2D eigenvalue weighted by Gasteiger charge is 2.29. The first-order valence-corrected chi connectivity index (χ1v) is 8.50. The maximum atomic E-state index is 12.7. The Kier molecular flexibility index (Phi) is 5.60. The number of aromatic nitrogens is 2. The van der Waals surface area contributed by atoms with E-state index in [1.165, 1.54) is 7.11 Å². The molecule has 4 amide bonds. The standard InChI is InChI=1S/C19H19N5O4/c1-12-20-8-14(22-12)4-5-15(23-19(27)21-11-25)10-24-9-13-3-6-16(28-2)7-17(13)18(24)26/h3,6-8,11,15H,9-10H2,1-2H3,(H,20,22)(H2,21,23,25,27)/t15-/m1/s1. The van der Waals surface area contributed by atoms with Crippen LogP contribution in [-0.2, 0) is 11.3 Å². The number of nitrogens with one attached hydrogen (secondary N) is 3. The van der Waals surface area contributed by atoms with Gasteiger partial charge in [-0.25, -0.2) is 9.78 Å². The Bertz CT molecular complexity index is 972. The van der Waals surface area contributed by atoms with E-state index < -0.39 is 12.1 Å². The van der Waals surface area contributed by atoms with Crippen LogP contribution in [-0.4, -0.2) is 52.9 Å². The first-order chi connectivity index (χ1) is 13.5. The zero-order valence-corrected chi connectivity index (χ0v) is 15.4. The van der Waals surface area contributed by atoms with Gasteiger partial charge in [0, 0.05) is 18.3 Å². The molecule has 9 nitrogen and oxygen atoms in total. The number of benzene rings is 1. The molecule has 0 bridgehead atoms. The highest BCUT2D eigenvalue weighted by atomic mass is 16.5. The molecule has 1 aliphatic rings. The van der Waals surface area contributed by atoms with E-state index in [1.54, 1.807) is 30.2 Å². The SMILES string of the molecule is COc1ccc2c(c1)C(=O)N(C[C@@H](C#Cc1c[nH]c(C)n1)NC(=O)NC=O)C2. The molecule has 0 saturated heterocycles. The van der Waals surface area contributed by atoms with Crippen molar-refractivity contribution < 1.29 is 19.1 Å². The first-order valence-electron chi connectivity index (χ1n) is 8.50. The minimum Gasteiger partial charge on any atom is -0.497 e. The number of imidazole rings is 1. The maximum Gasteiger partial charge on any atom is 0.322 e. The van der Waals surface area contributed by atoms with Gasteiger partial charge in [0.25, 0.3) is 5.91 Å². The number of hydrogen-bond acceptors (Lipinski definition) is 5.